The van der Waals surface area contributed by atoms with E-state index in [1.165, 1.54) is 133 Å². The quantitative estimate of drug-likeness (QED) is 0.159. The van der Waals surface area contributed by atoms with Crippen molar-refractivity contribution < 1.29 is 0 Å². The van der Waals surface area contributed by atoms with Crippen molar-refractivity contribution in [1.29, 1.82) is 0 Å². The van der Waals surface area contributed by atoms with Gasteiger partial charge in [0, 0.05) is 39.5 Å². The molecule has 3 aliphatic rings. The Kier molecular flexibility index (Phi) is 9.91. The van der Waals surface area contributed by atoms with Crippen LogP contribution in [-0.2, 0) is 31.1 Å². The van der Waals surface area contributed by atoms with Gasteiger partial charge in [0.15, 0.2) is 0 Å². The van der Waals surface area contributed by atoms with Crippen molar-refractivity contribution >= 4 is 66.4 Å². The molecule has 12 aromatic carbocycles. The van der Waals surface area contributed by atoms with E-state index >= 15 is 0 Å². The molecule has 2 heterocycles. The second kappa shape index (κ2) is 17.0. The van der Waals surface area contributed by atoms with Gasteiger partial charge in [-0.15, -0.1) is 0 Å². The Morgan fingerprint density at radius 1 is 0.293 bits per heavy atom. The number of rotatable bonds is 5. The average Bonchev–Trinajstić information content (AvgIpc) is 3.58. The van der Waals surface area contributed by atoms with Crippen molar-refractivity contribution in [3.8, 4) is 44.5 Å². The van der Waals surface area contributed by atoms with Gasteiger partial charge in [0.25, 0.3) is 0 Å². The fourth-order valence-electron chi connectivity index (χ4n) is 13.4. The molecule has 356 valence electrons. The summed E-state index contributed by atoms with van der Waals surface area (Å²) in [5.74, 6) is 0. The van der Waals surface area contributed by atoms with E-state index in [0.717, 1.165) is 37.1 Å². The highest BCUT2D eigenvalue weighted by atomic mass is 15.2. The molecule has 12 aromatic rings. The smallest absolute Gasteiger partial charge is 0.0493 e. The largest absolute Gasteiger partial charge is 0.310 e. The molecule has 75 heavy (non-hydrogen) atoms. The van der Waals surface area contributed by atoms with Crippen LogP contribution in [0.4, 0.5) is 34.1 Å². The zero-order valence-corrected chi connectivity index (χ0v) is 42.3. The van der Waals surface area contributed by atoms with Gasteiger partial charge < -0.3 is 9.80 Å². The fourth-order valence-corrected chi connectivity index (χ4v) is 13.4. The summed E-state index contributed by atoms with van der Waals surface area (Å²) in [6, 6.07) is 91.9. The molecule has 0 unspecified atom stereocenters. The highest BCUT2D eigenvalue weighted by Crippen LogP contribution is 2.53. The van der Waals surface area contributed by atoms with Crippen LogP contribution < -0.4 is 9.80 Å². The molecule has 0 fully saturated rings. The lowest BCUT2D eigenvalue weighted by atomic mass is 9.82. The van der Waals surface area contributed by atoms with Crippen LogP contribution in [0.5, 0.6) is 0 Å². The van der Waals surface area contributed by atoms with Crippen molar-refractivity contribution in [1.82, 2.24) is 0 Å². The first kappa shape index (κ1) is 43.6. The van der Waals surface area contributed by atoms with Crippen molar-refractivity contribution in [2.45, 2.75) is 44.9 Å². The van der Waals surface area contributed by atoms with Crippen molar-refractivity contribution in [3.05, 3.63) is 276 Å². The van der Waals surface area contributed by atoms with E-state index in [1.807, 2.05) is 0 Å². The Morgan fingerprint density at radius 2 is 0.733 bits per heavy atom. The van der Waals surface area contributed by atoms with Gasteiger partial charge in [-0.05, 0) is 190 Å². The Labute approximate surface area is 439 Å². The first-order chi connectivity index (χ1) is 37.0. The van der Waals surface area contributed by atoms with Crippen LogP contribution in [0.3, 0.4) is 0 Å². The average molecular weight is 959 g/mol. The van der Waals surface area contributed by atoms with Gasteiger partial charge in [0.2, 0.25) is 0 Å². The Balaban J connectivity index is 1.01. The molecule has 2 nitrogen and oxygen atoms in total. The van der Waals surface area contributed by atoms with E-state index in [1.54, 1.807) is 0 Å². The Bertz CT molecular complexity index is 4190. The molecule has 0 spiro atoms. The maximum atomic E-state index is 2.52. The number of para-hydroxylation sites is 4. The Hall–Kier alpha value is -8.98. The van der Waals surface area contributed by atoms with Gasteiger partial charge in [-0.1, -0.05) is 202 Å². The molecular formula is C73H54N2. The molecule has 0 radical (unpaired) electrons. The van der Waals surface area contributed by atoms with Crippen LogP contribution in [0.25, 0.3) is 76.8 Å². The number of aryl methyl sites for hydroxylation is 4. The summed E-state index contributed by atoms with van der Waals surface area (Å²) >= 11 is 0. The zero-order valence-electron chi connectivity index (χ0n) is 42.3. The highest BCUT2D eigenvalue weighted by molar-refractivity contribution is 6.24. The summed E-state index contributed by atoms with van der Waals surface area (Å²) in [5.41, 5.74) is 25.5. The van der Waals surface area contributed by atoms with Gasteiger partial charge in [-0.25, -0.2) is 0 Å². The van der Waals surface area contributed by atoms with Crippen molar-refractivity contribution in [2.24, 2.45) is 0 Å². The van der Waals surface area contributed by atoms with Gasteiger partial charge >= 0.3 is 0 Å². The molecular weight excluding hydrogens is 905 g/mol. The molecule has 2 aliphatic heterocycles. The minimum atomic E-state index is -0.0369. The number of anilines is 6. The normalized spacial score (nSPS) is 14.1. The van der Waals surface area contributed by atoms with Gasteiger partial charge in [-0.3, -0.25) is 0 Å². The predicted octanol–water partition coefficient (Wildman–Crippen LogP) is 19.6. The molecule has 0 saturated heterocycles. The first-order valence-electron chi connectivity index (χ1n) is 26.7. The summed E-state index contributed by atoms with van der Waals surface area (Å²) in [4.78, 5) is 5.05. The van der Waals surface area contributed by atoms with Crippen molar-refractivity contribution in [2.75, 3.05) is 9.80 Å². The lowest BCUT2D eigenvalue weighted by molar-refractivity contribution is 0.660. The van der Waals surface area contributed by atoms with E-state index < -0.39 is 0 Å². The van der Waals surface area contributed by atoms with Gasteiger partial charge in [0.05, 0.1) is 0 Å². The van der Waals surface area contributed by atoms with Crippen LogP contribution in [0.15, 0.2) is 243 Å². The van der Waals surface area contributed by atoms with Gasteiger partial charge in [-0.2, -0.15) is 0 Å². The minimum Gasteiger partial charge on any atom is -0.310 e. The molecule has 0 atom stereocenters. The minimum absolute atomic E-state index is 0.0369. The van der Waals surface area contributed by atoms with Crippen LogP contribution in [-0.4, -0.2) is 0 Å². The number of fused-ring (bicyclic) bond motifs is 10. The first-order valence-corrected chi connectivity index (χ1v) is 26.7. The number of nitrogens with zero attached hydrogens (tertiary/aromatic N) is 2. The highest BCUT2D eigenvalue weighted by Gasteiger charge is 2.35. The molecule has 0 bridgehead atoms. The standard InChI is InChI=1S/C73H54N2/c1-73(2)65-25-10-9-23-58(65)62-44-54(38-43-66(62)73)47-30-36-53(37-31-47)71-60-41-39-56(75-69-28-13-6-19-51(69)34-35-52-20-7-14-29-70(52)75)46-64(60)72(59-24-15-21-48-16-3-8-22-57(48)59)61-42-40-55(45-63(61)71)74-67-26-11-4-17-49(67)32-33-50-18-5-12-27-68(50)74/h3-31,36-46H,32-35H2,1-2H3. The molecule has 2 heteroatoms. The van der Waals surface area contributed by atoms with E-state index in [-0.39, 0.29) is 5.41 Å². The second-order valence-electron chi connectivity index (χ2n) is 21.4. The predicted molar refractivity (Wildman–Crippen MR) is 317 cm³/mol. The lowest BCUT2D eigenvalue weighted by Crippen LogP contribution is -2.14. The van der Waals surface area contributed by atoms with Crippen LogP contribution in [0.2, 0.25) is 0 Å². The van der Waals surface area contributed by atoms with Crippen LogP contribution in [0.1, 0.15) is 47.2 Å². The lowest BCUT2D eigenvalue weighted by Gasteiger charge is -2.29. The van der Waals surface area contributed by atoms with Crippen LogP contribution in [0, 0.1) is 0 Å². The molecule has 0 aromatic heterocycles. The molecule has 0 saturated carbocycles. The summed E-state index contributed by atoms with van der Waals surface area (Å²) in [5, 5.41) is 7.39. The number of benzene rings is 12. The van der Waals surface area contributed by atoms with Crippen LogP contribution >= 0.6 is 0 Å². The van der Waals surface area contributed by atoms with E-state index in [2.05, 4.69) is 266 Å². The zero-order chi connectivity index (χ0) is 49.8. The maximum Gasteiger partial charge on any atom is 0.0493 e. The summed E-state index contributed by atoms with van der Waals surface area (Å²) < 4.78 is 0. The second-order valence-corrected chi connectivity index (χ2v) is 21.4. The summed E-state index contributed by atoms with van der Waals surface area (Å²) in [7, 11) is 0. The monoisotopic (exact) mass is 958 g/mol. The third-order valence-corrected chi connectivity index (χ3v) is 17.0. The molecule has 0 amide bonds. The Morgan fingerprint density at radius 3 is 1.33 bits per heavy atom. The third kappa shape index (κ3) is 6.86. The molecule has 1 aliphatic carbocycles. The van der Waals surface area contributed by atoms with E-state index in [9.17, 15) is 0 Å². The summed E-state index contributed by atoms with van der Waals surface area (Å²) in [6.07, 6.45) is 3.98. The van der Waals surface area contributed by atoms with Gasteiger partial charge in [0.1, 0.15) is 0 Å². The number of hydrogen-bond acceptors (Lipinski definition) is 2. The molecule has 15 rings (SSSR count). The fraction of sp³-hybridized carbons (Fsp3) is 0.0959. The SMILES string of the molecule is CC1(C)c2ccccc2-c2cc(-c3ccc(-c4c5cc(N6c7ccccc7CCc7ccccc76)ccc5c(-c5cccc6ccccc56)c5cc(N6c7ccccc7CCc7ccccc76)ccc45)cc3)ccc21. The van der Waals surface area contributed by atoms with Crippen molar-refractivity contribution in [3.63, 3.8) is 0 Å². The number of hydrogen-bond donors (Lipinski definition) is 0. The topological polar surface area (TPSA) is 6.48 Å². The molecule has 0 N–H and O–H groups in total. The maximum absolute atomic E-state index is 2.52. The summed E-state index contributed by atoms with van der Waals surface area (Å²) in [6.45, 7) is 4.72. The van der Waals surface area contributed by atoms with E-state index in [4.69, 9.17) is 0 Å². The third-order valence-electron chi connectivity index (χ3n) is 17.0. The van der Waals surface area contributed by atoms with E-state index in [0.29, 0.717) is 0 Å².